The number of carbonyl (C=O) groups is 1. The summed E-state index contributed by atoms with van der Waals surface area (Å²) in [4.78, 5) is 14.5. The summed E-state index contributed by atoms with van der Waals surface area (Å²) in [6.07, 6.45) is 2.75. The molecule has 1 aliphatic rings. The van der Waals surface area contributed by atoms with Gasteiger partial charge in [0.05, 0.1) is 6.61 Å². The lowest BCUT2D eigenvalue weighted by molar-refractivity contribution is -0.138. The molecule has 0 amide bonds. The lowest BCUT2D eigenvalue weighted by Gasteiger charge is -2.35. The van der Waals surface area contributed by atoms with Crippen LogP contribution in [0.15, 0.2) is 66.0 Å². The maximum absolute atomic E-state index is 13.1. The fraction of sp³-hybridized carbons (Fsp3) is 0.360. The van der Waals surface area contributed by atoms with Crippen LogP contribution in [-0.4, -0.2) is 30.6 Å². The van der Waals surface area contributed by atoms with E-state index < -0.39 is 5.97 Å². The highest BCUT2D eigenvalue weighted by atomic mass is 19.1. The Morgan fingerprint density at radius 2 is 1.81 bits per heavy atom. The van der Waals surface area contributed by atoms with Crippen LogP contribution in [0.3, 0.4) is 0 Å². The van der Waals surface area contributed by atoms with E-state index in [1.165, 1.54) is 12.1 Å². The topological polar surface area (TPSA) is 65.4 Å². The minimum absolute atomic E-state index is 0.00904. The Balaban J connectivity index is 1.71. The molecule has 0 bridgehead atoms. The summed E-state index contributed by atoms with van der Waals surface area (Å²) in [6, 6.07) is 18.6. The van der Waals surface area contributed by atoms with Crippen molar-refractivity contribution in [2.45, 2.75) is 32.7 Å². The largest absolute Gasteiger partial charge is 0.462 e. The highest BCUT2D eigenvalue weighted by Gasteiger charge is 2.26. The summed E-state index contributed by atoms with van der Waals surface area (Å²) >= 11 is 0. The normalized spacial score (nSPS) is 15.1. The van der Waals surface area contributed by atoms with E-state index in [1.807, 2.05) is 48.5 Å². The van der Waals surface area contributed by atoms with Gasteiger partial charge in [0, 0.05) is 19.6 Å². The Morgan fingerprint density at radius 1 is 1.13 bits per heavy atom. The SMILES string of the molecule is CCOC(=O)C(C#N)=C(NCc1ccccc1)N1CCC(Cc2ccc(F)cc2)CC1. The summed E-state index contributed by atoms with van der Waals surface area (Å²) in [5, 5.41) is 13.0. The Bertz CT molecular complexity index is 927. The number of nitrogens with zero attached hydrogens (tertiary/aromatic N) is 2. The Hall–Kier alpha value is -3.33. The molecule has 1 saturated heterocycles. The molecule has 162 valence electrons. The molecule has 1 N–H and O–H groups in total. The van der Waals surface area contributed by atoms with Gasteiger partial charge in [-0.2, -0.15) is 5.26 Å². The van der Waals surface area contributed by atoms with E-state index in [1.54, 1.807) is 6.92 Å². The summed E-state index contributed by atoms with van der Waals surface area (Å²) in [6.45, 7) is 3.91. The zero-order valence-electron chi connectivity index (χ0n) is 17.8. The average Bonchev–Trinajstić information content (AvgIpc) is 2.79. The minimum atomic E-state index is -0.603. The molecular weight excluding hydrogens is 393 g/mol. The van der Waals surface area contributed by atoms with Gasteiger partial charge in [-0.25, -0.2) is 9.18 Å². The van der Waals surface area contributed by atoms with Crippen molar-refractivity contribution in [2.75, 3.05) is 19.7 Å². The third-order valence-electron chi connectivity index (χ3n) is 5.50. The minimum Gasteiger partial charge on any atom is -0.462 e. The molecule has 31 heavy (non-hydrogen) atoms. The van der Waals surface area contributed by atoms with Gasteiger partial charge in [-0.1, -0.05) is 42.5 Å². The van der Waals surface area contributed by atoms with Crippen molar-refractivity contribution >= 4 is 5.97 Å². The number of rotatable bonds is 8. The van der Waals surface area contributed by atoms with Crippen molar-refractivity contribution < 1.29 is 13.9 Å². The fourth-order valence-corrected chi connectivity index (χ4v) is 3.85. The van der Waals surface area contributed by atoms with Gasteiger partial charge in [0.25, 0.3) is 0 Å². The van der Waals surface area contributed by atoms with E-state index in [0.29, 0.717) is 18.3 Å². The van der Waals surface area contributed by atoms with Crippen LogP contribution >= 0.6 is 0 Å². The number of piperidine rings is 1. The molecule has 2 aromatic rings. The van der Waals surface area contributed by atoms with Gasteiger partial charge in [0.2, 0.25) is 0 Å². The van der Waals surface area contributed by atoms with Gasteiger partial charge in [0.15, 0.2) is 5.57 Å². The molecule has 0 saturated carbocycles. The predicted molar refractivity (Wildman–Crippen MR) is 117 cm³/mol. The number of hydrogen-bond acceptors (Lipinski definition) is 5. The second-order valence-corrected chi connectivity index (χ2v) is 7.66. The molecule has 0 aromatic heterocycles. The number of likely N-dealkylation sites (tertiary alicyclic amines) is 1. The van der Waals surface area contributed by atoms with Crippen LogP contribution < -0.4 is 5.32 Å². The highest BCUT2D eigenvalue weighted by molar-refractivity contribution is 5.93. The maximum Gasteiger partial charge on any atom is 0.352 e. The van der Waals surface area contributed by atoms with Crippen LogP contribution in [-0.2, 0) is 22.5 Å². The number of benzene rings is 2. The van der Waals surface area contributed by atoms with Crippen LogP contribution in [0.1, 0.15) is 30.9 Å². The fourth-order valence-electron chi connectivity index (χ4n) is 3.85. The number of halogens is 1. The lowest BCUT2D eigenvalue weighted by Crippen LogP contribution is -2.40. The van der Waals surface area contributed by atoms with Gasteiger partial charge in [-0.3, -0.25) is 0 Å². The molecule has 0 aliphatic carbocycles. The molecule has 1 heterocycles. The number of carbonyl (C=O) groups excluding carboxylic acids is 1. The first-order chi connectivity index (χ1) is 15.1. The zero-order valence-corrected chi connectivity index (χ0v) is 17.8. The van der Waals surface area contributed by atoms with Crippen molar-refractivity contribution in [3.8, 4) is 6.07 Å². The standard InChI is InChI=1S/C25H28FN3O2/c1-2-31-25(30)23(17-27)24(28-18-21-6-4-3-5-7-21)29-14-12-20(13-15-29)16-19-8-10-22(26)11-9-19/h3-11,20,28H,2,12-16,18H2,1H3. The molecule has 5 nitrogen and oxygen atoms in total. The molecule has 0 radical (unpaired) electrons. The molecule has 6 heteroatoms. The third-order valence-corrected chi connectivity index (χ3v) is 5.50. The number of nitrogens with one attached hydrogen (secondary N) is 1. The smallest absolute Gasteiger partial charge is 0.352 e. The van der Waals surface area contributed by atoms with Gasteiger partial charge >= 0.3 is 5.97 Å². The van der Waals surface area contributed by atoms with Crippen LogP contribution in [0.25, 0.3) is 0 Å². The zero-order chi connectivity index (χ0) is 22.1. The quantitative estimate of drug-likeness (QED) is 0.394. The third kappa shape index (κ3) is 6.32. The summed E-state index contributed by atoms with van der Waals surface area (Å²) in [5.74, 6) is 0.185. The number of esters is 1. The first-order valence-electron chi connectivity index (χ1n) is 10.7. The van der Waals surface area contributed by atoms with E-state index in [2.05, 4.69) is 10.2 Å². The number of hydrogen-bond donors (Lipinski definition) is 1. The van der Waals surface area contributed by atoms with Crippen molar-refractivity contribution in [3.63, 3.8) is 0 Å². The summed E-state index contributed by atoms with van der Waals surface area (Å²) < 4.78 is 18.3. The van der Waals surface area contributed by atoms with E-state index in [4.69, 9.17) is 4.74 Å². The molecule has 0 spiro atoms. The van der Waals surface area contributed by atoms with Crippen molar-refractivity contribution in [1.29, 1.82) is 5.26 Å². The van der Waals surface area contributed by atoms with Crippen LogP contribution in [0.4, 0.5) is 4.39 Å². The van der Waals surface area contributed by atoms with Crippen LogP contribution in [0.2, 0.25) is 0 Å². The van der Waals surface area contributed by atoms with E-state index >= 15 is 0 Å². The van der Waals surface area contributed by atoms with Gasteiger partial charge in [0.1, 0.15) is 17.7 Å². The molecule has 3 rings (SSSR count). The Kier molecular flexibility index (Phi) is 8.05. The monoisotopic (exact) mass is 421 g/mol. The maximum atomic E-state index is 13.1. The summed E-state index contributed by atoms with van der Waals surface area (Å²) in [5.41, 5.74) is 2.20. The van der Waals surface area contributed by atoms with Crippen molar-refractivity contribution in [2.24, 2.45) is 5.92 Å². The number of ether oxygens (including phenoxy) is 1. The highest BCUT2D eigenvalue weighted by Crippen LogP contribution is 2.25. The lowest BCUT2D eigenvalue weighted by atomic mass is 9.90. The second kappa shape index (κ2) is 11.2. The molecule has 1 aliphatic heterocycles. The molecule has 0 atom stereocenters. The first kappa shape index (κ1) is 22.4. The molecule has 1 fully saturated rings. The van der Waals surface area contributed by atoms with Crippen molar-refractivity contribution in [1.82, 2.24) is 10.2 Å². The van der Waals surface area contributed by atoms with Gasteiger partial charge in [-0.05, 0) is 55.4 Å². The van der Waals surface area contributed by atoms with Gasteiger partial charge < -0.3 is 15.0 Å². The molecule has 2 aromatic carbocycles. The number of nitriles is 1. The second-order valence-electron chi connectivity index (χ2n) is 7.66. The molecular formula is C25H28FN3O2. The Labute approximate surface area is 183 Å². The van der Waals surface area contributed by atoms with E-state index in [0.717, 1.165) is 43.5 Å². The average molecular weight is 422 g/mol. The van der Waals surface area contributed by atoms with Crippen LogP contribution in [0, 0.1) is 23.1 Å². The first-order valence-corrected chi connectivity index (χ1v) is 10.7. The van der Waals surface area contributed by atoms with E-state index in [9.17, 15) is 14.4 Å². The Morgan fingerprint density at radius 3 is 2.42 bits per heavy atom. The predicted octanol–water partition coefficient (Wildman–Crippen LogP) is 4.17. The molecule has 0 unspecified atom stereocenters. The van der Waals surface area contributed by atoms with Crippen LogP contribution in [0.5, 0.6) is 0 Å². The summed E-state index contributed by atoms with van der Waals surface area (Å²) in [7, 11) is 0. The van der Waals surface area contributed by atoms with Gasteiger partial charge in [-0.15, -0.1) is 0 Å². The van der Waals surface area contributed by atoms with Crippen molar-refractivity contribution in [3.05, 3.63) is 82.9 Å². The van der Waals surface area contributed by atoms with E-state index in [-0.39, 0.29) is 18.0 Å².